The number of amides is 1. The fourth-order valence-electron chi connectivity index (χ4n) is 1.77. The van der Waals surface area contributed by atoms with Crippen molar-refractivity contribution in [1.82, 2.24) is 10.3 Å². The second-order valence-corrected chi connectivity index (χ2v) is 7.61. The number of hydrogen-bond donors (Lipinski definition) is 1. The van der Waals surface area contributed by atoms with Crippen molar-refractivity contribution in [2.75, 3.05) is 6.26 Å². The molecule has 1 unspecified atom stereocenters. The topological polar surface area (TPSA) is 85.4 Å². The van der Waals surface area contributed by atoms with Gasteiger partial charge in [0.1, 0.15) is 16.8 Å². The van der Waals surface area contributed by atoms with Crippen molar-refractivity contribution in [3.8, 4) is 11.6 Å². The first-order valence-electron chi connectivity index (χ1n) is 7.10. The number of rotatable bonds is 6. The van der Waals surface area contributed by atoms with E-state index in [1.165, 1.54) is 37.4 Å². The molecule has 1 heterocycles. The standard InChI is InChI=1S/C16H17FN2O4S/c1-11(24(2,21)22)16(20)19-10-12-7-8-18-15(9-12)23-14-5-3-13(17)4-6-14/h3-9,11H,10H2,1-2H3,(H,19,20). The smallest absolute Gasteiger partial charge is 0.238 e. The monoisotopic (exact) mass is 352 g/mol. The van der Waals surface area contributed by atoms with Gasteiger partial charge in [-0.2, -0.15) is 0 Å². The third-order valence-corrected chi connectivity index (χ3v) is 4.81. The maximum atomic E-state index is 12.9. The summed E-state index contributed by atoms with van der Waals surface area (Å²) in [5, 5.41) is 1.44. The molecule has 2 rings (SSSR count). The molecule has 2 aromatic rings. The van der Waals surface area contributed by atoms with E-state index in [4.69, 9.17) is 4.74 Å². The van der Waals surface area contributed by atoms with Gasteiger partial charge in [0.2, 0.25) is 11.8 Å². The summed E-state index contributed by atoms with van der Waals surface area (Å²) in [6.07, 6.45) is 2.51. The van der Waals surface area contributed by atoms with Crippen LogP contribution in [0.1, 0.15) is 12.5 Å². The largest absolute Gasteiger partial charge is 0.439 e. The molecule has 0 radical (unpaired) electrons. The molecule has 0 saturated heterocycles. The Kier molecular flexibility index (Phi) is 5.50. The van der Waals surface area contributed by atoms with Crippen LogP contribution in [-0.2, 0) is 21.2 Å². The Bertz CT molecular complexity index is 822. The van der Waals surface area contributed by atoms with Crippen molar-refractivity contribution < 1.29 is 22.3 Å². The Morgan fingerprint density at radius 1 is 1.29 bits per heavy atom. The van der Waals surface area contributed by atoms with Crippen LogP contribution in [-0.4, -0.2) is 30.8 Å². The lowest BCUT2D eigenvalue weighted by Crippen LogP contribution is -2.37. The summed E-state index contributed by atoms with van der Waals surface area (Å²) in [5.74, 6) is -0.234. The van der Waals surface area contributed by atoms with Crippen LogP contribution in [0.15, 0.2) is 42.6 Å². The normalized spacial score (nSPS) is 12.5. The van der Waals surface area contributed by atoms with E-state index in [1.54, 1.807) is 12.1 Å². The predicted molar refractivity (Wildman–Crippen MR) is 86.9 cm³/mol. The van der Waals surface area contributed by atoms with Gasteiger partial charge in [-0.3, -0.25) is 4.79 Å². The summed E-state index contributed by atoms with van der Waals surface area (Å²) in [6, 6.07) is 8.76. The number of ether oxygens (including phenoxy) is 1. The van der Waals surface area contributed by atoms with E-state index >= 15 is 0 Å². The van der Waals surface area contributed by atoms with Crippen molar-refractivity contribution in [3.05, 3.63) is 54.0 Å². The molecule has 1 N–H and O–H groups in total. The van der Waals surface area contributed by atoms with Gasteiger partial charge in [-0.1, -0.05) is 0 Å². The van der Waals surface area contributed by atoms with Crippen molar-refractivity contribution in [3.63, 3.8) is 0 Å². The number of benzene rings is 1. The SMILES string of the molecule is CC(C(=O)NCc1ccnc(Oc2ccc(F)cc2)c1)S(C)(=O)=O. The first kappa shape index (κ1) is 17.9. The van der Waals surface area contributed by atoms with Crippen LogP contribution in [0.25, 0.3) is 0 Å². The number of sulfone groups is 1. The molecule has 1 atom stereocenters. The third-order valence-electron chi connectivity index (χ3n) is 3.31. The zero-order valence-corrected chi connectivity index (χ0v) is 14.0. The summed E-state index contributed by atoms with van der Waals surface area (Å²) in [4.78, 5) is 15.8. The molecule has 1 aromatic heterocycles. The van der Waals surface area contributed by atoms with Crippen LogP contribution in [0.3, 0.4) is 0 Å². The van der Waals surface area contributed by atoms with Crippen LogP contribution < -0.4 is 10.1 Å². The number of nitrogens with zero attached hydrogens (tertiary/aromatic N) is 1. The highest BCUT2D eigenvalue weighted by Gasteiger charge is 2.22. The number of hydrogen-bond acceptors (Lipinski definition) is 5. The van der Waals surface area contributed by atoms with E-state index in [0.717, 1.165) is 6.26 Å². The van der Waals surface area contributed by atoms with E-state index in [2.05, 4.69) is 10.3 Å². The van der Waals surface area contributed by atoms with E-state index in [0.29, 0.717) is 11.3 Å². The molecular weight excluding hydrogens is 335 g/mol. The molecule has 0 aliphatic rings. The van der Waals surface area contributed by atoms with Crippen molar-refractivity contribution in [2.24, 2.45) is 0 Å². The minimum Gasteiger partial charge on any atom is -0.439 e. The maximum absolute atomic E-state index is 12.9. The fourth-order valence-corrected chi connectivity index (χ4v) is 2.24. The lowest BCUT2D eigenvalue weighted by atomic mass is 10.2. The van der Waals surface area contributed by atoms with E-state index in [-0.39, 0.29) is 18.2 Å². The molecule has 1 amide bonds. The van der Waals surface area contributed by atoms with Crippen LogP contribution in [0, 0.1) is 5.82 Å². The number of halogens is 1. The Morgan fingerprint density at radius 3 is 2.58 bits per heavy atom. The van der Waals surface area contributed by atoms with E-state index in [1.807, 2.05) is 0 Å². The average Bonchev–Trinajstić information content (AvgIpc) is 2.53. The first-order chi connectivity index (χ1) is 11.3. The molecule has 1 aromatic carbocycles. The molecular formula is C16H17FN2O4S. The minimum atomic E-state index is -3.44. The lowest BCUT2D eigenvalue weighted by Gasteiger charge is -2.11. The number of carbonyl (C=O) groups is 1. The number of aromatic nitrogens is 1. The molecule has 0 saturated carbocycles. The fraction of sp³-hybridized carbons (Fsp3) is 0.250. The predicted octanol–water partition coefficient (Wildman–Crippen LogP) is 2.06. The second kappa shape index (κ2) is 7.39. The number of pyridine rings is 1. The molecule has 0 fully saturated rings. The van der Waals surface area contributed by atoms with Gasteiger partial charge >= 0.3 is 0 Å². The van der Waals surface area contributed by atoms with Gasteiger partial charge < -0.3 is 10.1 Å². The maximum Gasteiger partial charge on any atom is 0.238 e. The third kappa shape index (κ3) is 5.02. The Labute approximate surface area is 139 Å². The van der Waals surface area contributed by atoms with Crippen LogP contribution >= 0.6 is 0 Å². The minimum absolute atomic E-state index is 0.140. The summed E-state index contributed by atoms with van der Waals surface area (Å²) in [5.41, 5.74) is 0.691. The van der Waals surface area contributed by atoms with Gasteiger partial charge in [0, 0.05) is 25.1 Å². The second-order valence-electron chi connectivity index (χ2n) is 5.25. The zero-order chi connectivity index (χ0) is 17.7. The van der Waals surface area contributed by atoms with Gasteiger partial charge in [0.15, 0.2) is 9.84 Å². The van der Waals surface area contributed by atoms with Crippen molar-refractivity contribution in [1.29, 1.82) is 0 Å². The Balaban J connectivity index is 2.00. The molecule has 24 heavy (non-hydrogen) atoms. The summed E-state index contributed by atoms with van der Waals surface area (Å²) in [7, 11) is -3.44. The Hall–Kier alpha value is -2.48. The molecule has 0 aliphatic heterocycles. The van der Waals surface area contributed by atoms with E-state index in [9.17, 15) is 17.6 Å². The highest BCUT2D eigenvalue weighted by atomic mass is 32.2. The highest BCUT2D eigenvalue weighted by Crippen LogP contribution is 2.20. The van der Waals surface area contributed by atoms with E-state index < -0.39 is 21.0 Å². The van der Waals surface area contributed by atoms with Gasteiger partial charge in [0.05, 0.1) is 0 Å². The van der Waals surface area contributed by atoms with Crippen molar-refractivity contribution in [2.45, 2.75) is 18.7 Å². The average molecular weight is 352 g/mol. The molecule has 128 valence electrons. The van der Waals surface area contributed by atoms with Crippen LogP contribution in [0.5, 0.6) is 11.6 Å². The first-order valence-corrected chi connectivity index (χ1v) is 9.06. The van der Waals surface area contributed by atoms with Gasteiger partial charge in [0.25, 0.3) is 0 Å². The molecule has 0 aliphatic carbocycles. The van der Waals surface area contributed by atoms with Gasteiger partial charge in [-0.05, 0) is 42.8 Å². The summed E-state index contributed by atoms with van der Waals surface area (Å²) >= 11 is 0. The van der Waals surface area contributed by atoms with Gasteiger partial charge in [-0.15, -0.1) is 0 Å². The zero-order valence-electron chi connectivity index (χ0n) is 13.2. The van der Waals surface area contributed by atoms with Crippen LogP contribution in [0.2, 0.25) is 0 Å². The molecule has 6 nitrogen and oxygen atoms in total. The summed E-state index contributed by atoms with van der Waals surface area (Å²) in [6.45, 7) is 1.47. The Morgan fingerprint density at radius 2 is 1.96 bits per heavy atom. The lowest BCUT2D eigenvalue weighted by molar-refractivity contribution is -0.120. The number of carbonyl (C=O) groups excluding carboxylic acids is 1. The molecule has 8 heteroatoms. The molecule has 0 bridgehead atoms. The quantitative estimate of drug-likeness (QED) is 0.860. The molecule has 0 spiro atoms. The highest BCUT2D eigenvalue weighted by molar-refractivity contribution is 7.92. The van der Waals surface area contributed by atoms with Crippen LogP contribution in [0.4, 0.5) is 4.39 Å². The number of nitrogens with one attached hydrogen (secondary N) is 1. The van der Waals surface area contributed by atoms with Gasteiger partial charge in [-0.25, -0.2) is 17.8 Å². The van der Waals surface area contributed by atoms with Crippen molar-refractivity contribution >= 4 is 15.7 Å². The summed E-state index contributed by atoms with van der Waals surface area (Å²) < 4.78 is 41.1.